The Balaban J connectivity index is 1.54. The summed E-state index contributed by atoms with van der Waals surface area (Å²) in [5, 5.41) is 12.1. The minimum atomic E-state index is 0.683. The van der Waals surface area contributed by atoms with Crippen LogP contribution in [0.5, 0.6) is 0 Å². The Hall–Kier alpha value is -2.43. The van der Waals surface area contributed by atoms with E-state index in [-0.39, 0.29) is 0 Å². The van der Waals surface area contributed by atoms with Gasteiger partial charge in [0.25, 0.3) is 0 Å². The second-order valence-electron chi connectivity index (χ2n) is 4.32. The molecule has 0 saturated heterocycles. The largest absolute Gasteiger partial charge is 0.265 e. The SMILES string of the molecule is [c]1cccc(N2CN(CCc3ccncc3)N=N2)c1. The van der Waals surface area contributed by atoms with Gasteiger partial charge < -0.3 is 0 Å². The first-order valence-corrected chi connectivity index (χ1v) is 6.21. The third kappa shape index (κ3) is 2.88. The van der Waals surface area contributed by atoms with Crippen molar-refractivity contribution in [3.8, 4) is 0 Å². The number of pyridine rings is 1. The molecule has 0 saturated carbocycles. The van der Waals surface area contributed by atoms with E-state index in [0.717, 1.165) is 18.7 Å². The first-order valence-electron chi connectivity index (χ1n) is 6.21. The van der Waals surface area contributed by atoms with Crippen molar-refractivity contribution in [1.29, 1.82) is 0 Å². The highest BCUT2D eigenvalue weighted by molar-refractivity contribution is 5.44. The molecule has 1 aliphatic heterocycles. The van der Waals surface area contributed by atoms with Crippen LogP contribution in [-0.4, -0.2) is 23.2 Å². The second-order valence-corrected chi connectivity index (χ2v) is 4.32. The van der Waals surface area contributed by atoms with Crippen LogP contribution in [0.15, 0.2) is 59.2 Å². The Labute approximate surface area is 112 Å². The maximum atomic E-state index is 4.16. The minimum absolute atomic E-state index is 0.683. The van der Waals surface area contributed by atoms with E-state index in [2.05, 4.69) is 21.5 Å². The van der Waals surface area contributed by atoms with Gasteiger partial charge in [-0.25, -0.2) is 5.01 Å². The summed E-state index contributed by atoms with van der Waals surface area (Å²) < 4.78 is 0. The summed E-state index contributed by atoms with van der Waals surface area (Å²) >= 11 is 0. The second kappa shape index (κ2) is 5.48. The number of benzene rings is 1. The number of hydrogen-bond acceptors (Lipinski definition) is 5. The zero-order valence-electron chi connectivity index (χ0n) is 10.5. The standard InChI is InChI=1S/C14H14N5/c1-2-4-14(5-3-1)19-12-18(16-17-19)11-8-13-6-9-15-10-7-13/h1-2,4-7,9-10H,8,11-12H2. The molecule has 2 aromatic rings. The Bertz CT molecular complexity index is 540. The van der Waals surface area contributed by atoms with E-state index < -0.39 is 0 Å². The van der Waals surface area contributed by atoms with Gasteiger partial charge >= 0.3 is 0 Å². The van der Waals surface area contributed by atoms with Crippen LogP contribution >= 0.6 is 0 Å². The van der Waals surface area contributed by atoms with Crippen LogP contribution in [0, 0.1) is 6.07 Å². The van der Waals surface area contributed by atoms with Gasteiger partial charge in [-0.3, -0.25) is 9.99 Å². The molecule has 1 radical (unpaired) electrons. The maximum Gasteiger partial charge on any atom is 0.132 e. The summed E-state index contributed by atoms with van der Waals surface area (Å²) in [5.74, 6) is 0. The lowest BCUT2D eigenvalue weighted by atomic mass is 10.2. The van der Waals surface area contributed by atoms with Crippen molar-refractivity contribution in [1.82, 2.24) is 9.99 Å². The Morgan fingerprint density at radius 3 is 2.84 bits per heavy atom. The van der Waals surface area contributed by atoms with Gasteiger partial charge in [-0.2, -0.15) is 0 Å². The highest BCUT2D eigenvalue weighted by Gasteiger charge is 2.16. The molecule has 0 unspecified atom stereocenters. The molecule has 5 heteroatoms. The third-order valence-electron chi connectivity index (χ3n) is 2.97. The lowest BCUT2D eigenvalue weighted by Crippen LogP contribution is -2.26. The van der Waals surface area contributed by atoms with Crippen LogP contribution < -0.4 is 5.01 Å². The minimum Gasteiger partial charge on any atom is -0.265 e. The summed E-state index contributed by atoms with van der Waals surface area (Å²) in [7, 11) is 0. The molecule has 5 nitrogen and oxygen atoms in total. The first-order chi connectivity index (χ1) is 9.42. The number of rotatable bonds is 4. The lowest BCUT2D eigenvalue weighted by molar-refractivity contribution is 0.320. The van der Waals surface area contributed by atoms with Crippen molar-refractivity contribution in [3.63, 3.8) is 0 Å². The fourth-order valence-corrected chi connectivity index (χ4v) is 1.92. The normalized spacial score (nSPS) is 14.1. The molecule has 0 bridgehead atoms. The fourth-order valence-electron chi connectivity index (χ4n) is 1.92. The highest BCUT2D eigenvalue weighted by Crippen LogP contribution is 2.18. The van der Waals surface area contributed by atoms with E-state index in [4.69, 9.17) is 0 Å². The molecule has 0 aliphatic carbocycles. The van der Waals surface area contributed by atoms with Crippen molar-refractivity contribution in [2.24, 2.45) is 10.4 Å². The zero-order valence-corrected chi connectivity index (χ0v) is 10.5. The predicted octanol–water partition coefficient (Wildman–Crippen LogP) is 2.49. The summed E-state index contributed by atoms with van der Waals surface area (Å²) in [6.45, 7) is 1.53. The number of anilines is 1. The molecule has 1 aromatic carbocycles. The van der Waals surface area contributed by atoms with Crippen LogP contribution in [0.1, 0.15) is 5.56 Å². The molecule has 0 N–H and O–H groups in total. The van der Waals surface area contributed by atoms with Gasteiger partial charge in [-0.05, 0) is 47.5 Å². The summed E-state index contributed by atoms with van der Waals surface area (Å²) in [6, 6.07) is 14.8. The predicted molar refractivity (Wildman–Crippen MR) is 72.1 cm³/mol. The number of aromatic nitrogens is 1. The average molecular weight is 252 g/mol. The third-order valence-corrected chi connectivity index (χ3v) is 2.97. The fraction of sp³-hybridized carbons (Fsp3) is 0.214. The smallest absolute Gasteiger partial charge is 0.132 e. The van der Waals surface area contributed by atoms with Crippen LogP contribution in [0.2, 0.25) is 0 Å². The summed E-state index contributed by atoms with van der Waals surface area (Å²) in [4.78, 5) is 4.01. The molecular formula is C14H14N5. The van der Waals surface area contributed by atoms with E-state index >= 15 is 0 Å². The van der Waals surface area contributed by atoms with Crippen LogP contribution in [-0.2, 0) is 6.42 Å². The molecule has 3 rings (SSSR count). The summed E-state index contributed by atoms with van der Waals surface area (Å²) in [5.41, 5.74) is 2.27. The van der Waals surface area contributed by atoms with Crippen molar-refractivity contribution >= 4 is 5.69 Å². The molecular weight excluding hydrogens is 238 g/mol. The quantitative estimate of drug-likeness (QED) is 0.839. The van der Waals surface area contributed by atoms with E-state index in [1.165, 1.54) is 5.56 Å². The molecule has 1 aliphatic rings. The van der Waals surface area contributed by atoms with Crippen molar-refractivity contribution < 1.29 is 0 Å². The van der Waals surface area contributed by atoms with Crippen molar-refractivity contribution in [3.05, 3.63) is 60.4 Å². The molecule has 2 heterocycles. The van der Waals surface area contributed by atoms with Gasteiger partial charge in [0.05, 0.1) is 5.69 Å². The highest BCUT2D eigenvalue weighted by atomic mass is 15.8. The average Bonchev–Trinajstić information content (AvgIpc) is 2.96. The molecule has 0 fully saturated rings. The number of hydrogen-bond donors (Lipinski definition) is 0. The van der Waals surface area contributed by atoms with Crippen LogP contribution in [0.25, 0.3) is 0 Å². The summed E-state index contributed by atoms with van der Waals surface area (Å²) in [6.07, 6.45) is 4.57. The van der Waals surface area contributed by atoms with Gasteiger partial charge in [-0.1, -0.05) is 17.4 Å². The van der Waals surface area contributed by atoms with Gasteiger partial charge in [0.1, 0.15) is 6.67 Å². The maximum absolute atomic E-state index is 4.16. The van der Waals surface area contributed by atoms with Crippen LogP contribution in [0.4, 0.5) is 5.69 Å². The zero-order chi connectivity index (χ0) is 12.9. The molecule has 0 spiro atoms. The van der Waals surface area contributed by atoms with E-state index in [1.807, 2.05) is 58.8 Å². The molecule has 0 atom stereocenters. The van der Waals surface area contributed by atoms with Gasteiger partial charge in [-0.15, -0.1) is 0 Å². The van der Waals surface area contributed by atoms with E-state index in [1.54, 1.807) is 0 Å². The van der Waals surface area contributed by atoms with E-state index in [9.17, 15) is 0 Å². The van der Waals surface area contributed by atoms with Gasteiger partial charge in [0.2, 0.25) is 0 Å². The van der Waals surface area contributed by atoms with Crippen molar-refractivity contribution in [2.45, 2.75) is 6.42 Å². The first kappa shape index (κ1) is 11.6. The monoisotopic (exact) mass is 252 g/mol. The van der Waals surface area contributed by atoms with Gasteiger partial charge in [0, 0.05) is 18.9 Å². The van der Waals surface area contributed by atoms with Crippen molar-refractivity contribution in [2.75, 3.05) is 18.2 Å². The van der Waals surface area contributed by atoms with Crippen LogP contribution in [0.3, 0.4) is 0 Å². The lowest BCUT2D eigenvalue weighted by Gasteiger charge is -2.16. The molecule has 0 amide bonds. The Morgan fingerprint density at radius 1 is 1.16 bits per heavy atom. The Kier molecular flexibility index (Phi) is 3.36. The molecule has 19 heavy (non-hydrogen) atoms. The van der Waals surface area contributed by atoms with Gasteiger partial charge in [0.15, 0.2) is 0 Å². The Morgan fingerprint density at radius 2 is 2.05 bits per heavy atom. The van der Waals surface area contributed by atoms with E-state index in [0.29, 0.717) is 6.67 Å². The molecule has 95 valence electrons. The molecule has 1 aromatic heterocycles. The topological polar surface area (TPSA) is 44.1 Å². The number of nitrogens with zero attached hydrogens (tertiary/aromatic N) is 5.